The molecule has 0 fully saturated rings. The lowest BCUT2D eigenvalue weighted by Gasteiger charge is -2.22. The van der Waals surface area contributed by atoms with Crippen LogP contribution in [0.2, 0.25) is 0 Å². The van der Waals surface area contributed by atoms with E-state index in [1.54, 1.807) is 6.20 Å². The molecule has 3 nitrogen and oxygen atoms in total. The number of rotatable bonds is 4. The SMILES string of the molecule is CC(C)(C)CC(Cl)CNc1nncc2ccccc12. The van der Waals surface area contributed by atoms with Gasteiger partial charge in [-0.05, 0) is 11.8 Å². The molecule has 0 spiro atoms. The van der Waals surface area contributed by atoms with Gasteiger partial charge in [0.15, 0.2) is 5.82 Å². The Morgan fingerprint density at radius 1 is 1.26 bits per heavy atom. The van der Waals surface area contributed by atoms with Crippen molar-refractivity contribution in [1.82, 2.24) is 10.2 Å². The number of aromatic nitrogens is 2. The van der Waals surface area contributed by atoms with Gasteiger partial charge in [0.2, 0.25) is 0 Å². The van der Waals surface area contributed by atoms with Crippen molar-refractivity contribution in [3.8, 4) is 0 Å². The second-order valence-electron chi connectivity index (χ2n) is 6.02. The summed E-state index contributed by atoms with van der Waals surface area (Å²) in [6.07, 6.45) is 2.73. The van der Waals surface area contributed by atoms with Gasteiger partial charge in [-0.25, -0.2) is 0 Å². The smallest absolute Gasteiger partial charge is 0.156 e. The molecule has 4 heteroatoms. The van der Waals surface area contributed by atoms with Crippen molar-refractivity contribution >= 4 is 28.2 Å². The molecular weight excluding hydrogens is 258 g/mol. The fourth-order valence-corrected chi connectivity index (χ4v) is 2.64. The van der Waals surface area contributed by atoms with Crippen LogP contribution in [0.3, 0.4) is 0 Å². The van der Waals surface area contributed by atoms with Crippen LogP contribution in [0.15, 0.2) is 30.5 Å². The van der Waals surface area contributed by atoms with Crippen LogP contribution >= 0.6 is 11.6 Å². The molecule has 19 heavy (non-hydrogen) atoms. The number of nitrogens with one attached hydrogen (secondary N) is 1. The fraction of sp³-hybridized carbons (Fsp3) is 0.467. The van der Waals surface area contributed by atoms with Crippen molar-refractivity contribution in [1.29, 1.82) is 0 Å². The Morgan fingerprint density at radius 3 is 2.74 bits per heavy atom. The monoisotopic (exact) mass is 277 g/mol. The third-order valence-electron chi connectivity index (χ3n) is 2.90. The Bertz CT molecular complexity index is 543. The number of benzene rings is 1. The van der Waals surface area contributed by atoms with Crippen molar-refractivity contribution < 1.29 is 0 Å². The number of alkyl halides is 1. The Labute approximate surface area is 119 Å². The van der Waals surface area contributed by atoms with E-state index in [9.17, 15) is 0 Å². The highest BCUT2D eigenvalue weighted by Crippen LogP contribution is 2.24. The van der Waals surface area contributed by atoms with E-state index in [2.05, 4.69) is 36.3 Å². The summed E-state index contributed by atoms with van der Waals surface area (Å²) in [6, 6.07) is 8.07. The number of halogens is 1. The largest absolute Gasteiger partial charge is 0.367 e. The third-order valence-corrected chi connectivity index (χ3v) is 3.20. The topological polar surface area (TPSA) is 37.8 Å². The van der Waals surface area contributed by atoms with E-state index >= 15 is 0 Å². The summed E-state index contributed by atoms with van der Waals surface area (Å²) in [7, 11) is 0. The minimum atomic E-state index is 0.0840. The molecule has 0 amide bonds. The van der Waals surface area contributed by atoms with E-state index < -0.39 is 0 Å². The average molecular weight is 278 g/mol. The first kappa shape index (κ1) is 14.1. The number of hydrogen-bond donors (Lipinski definition) is 1. The maximum absolute atomic E-state index is 6.36. The number of hydrogen-bond acceptors (Lipinski definition) is 3. The lowest BCUT2D eigenvalue weighted by molar-refractivity contribution is 0.373. The van der Waals surface area contributed by atoms with Crippen molar-refractivity contribution in [3.05, 3.63) is 30.5 Å². The Balaban J connectivity index is 2.06. The van der Waals surface area contributed by atoms with Crippen LogP contribution in [0.5, 0.6) is 0 Å². The Hall–Kier alpha value is -1.35. The van der Waals surface area contributed by atoms with Gasteiger partial charge in [0, 0.05) is 17.3 Å². The lowest BCUT2D eigenvalue weighted by atomic mass is 9.90. The molecule has 1 unspecified atom stereocenters. The highest BCUT2D eigenvalue weighted by atomic mass is 35.5. The highest BCUT2D eigenvalue weighted by molar-refractivity contribution is 6.21. The van der Waals surface area contributed by atoms with Crippen molar-refractivity contribution in [2.24, 2.45) is 5.41 Å². The van der Waals surface area contributed by atoms with Gasteiger partial charge in [0.05, 0.1) is 11.6 Å². The second-order valence-corrected chi connectivity index (χ2v) is 6.64. The van der Waals surface area contributed by atoms with Gasteiger partial charge in [0.1, 0.15) is 0 Å². The quantitative estimate of drug-likeness (QED) is 0.856. The van der Waals surface area contributed by atoms with Crippen LogP contribution in [0.4, 0.5) is 5.82 Å². The number of anilines is 1. The second kappa shape index (κ2) is 5.74. The summed E-state index contributed by atoms with van der Waals surface area (Å²) in [5.41, 5.74) is 0.235. The first-order chi connectivity index (χ1) is 8.96. The molecule has 0 saturated carbocycles. The molecule has 0 bridgehead atoms. The van der Waals surface area contributed by atoms with Gasteiger partial charge < -0.3 is 5.32 Å². The predicted molar refractivity (Wildman–Crippen MR) is 81.7 cm³/mol. The normalized spacial score (nSPS) is 13.5. The molecular formula is C15H20ClN3. The van der Waals surface area contributed by atoms with Crippen LogP contribution in [0, 0.1) is 5.41 Å². The van der Waals surface area contributed by atoms with Gasteiger partial charge in [-0.15, -0.1) is 16.7 Å². The van der Waals surface area contributed by atoms with Gasteiger partial charge in [-0.1, -0.05) is 45.0 Å². The first-order valence-electron chi connectivity index (χ1n) is 6.54. The summed E-state index contributed by atoms with van der Waals surface area (Å²) in [6.45, 7) is 7.28. The van der Waals surface area contributed by atoms with Crippen molar-refractivity contribution in [2.45, 2.75) is 32.6 Å². The molecule has 0 aliphatic heterocycles. The van der Waals surface area contributed by atoms with Gasteiger partial charge in [-0.3, -0.25) is 0 Å². The van der Waals surface area contributed by atoms with Gasteiger partial charge in [-0.2, -0.15) is 5.10 Å². The van der Waals surface area contributed by atoms with Crippen LogP contribution < -0.4 is 5.32 Å². The molecule has 1 atom stereocenters. The molecule has 2 rings (SSSR count). The van der Waals surface area contributed by atoms with Gasteiger partial charge >= 0.3 is 0 Å². The molecule has 0 aliphatic carbocycles. The molecule has 2 aromatic rings. The minimum absolute atomic E-state index is 0.0840. The van der Waals surface area contributed by atoms with Crippen LogP contribution in [-0.4, -0.2) is 22.1 Å². The van der Waals surface area contributed by atoms with Crippen molar-refractivity contribution in [3.63, 3.8) is 0 Å². The Morgan fingerprint density at radius 2 is 2.00 bits per heavy atom. The number of fused-ring (bicyclic) bond motifs is 1. The molecule has 1 aromatic heterocycles. The molecule has 1 heterocycles. The molecule has 0 saturated heterocycles. The summed E-state index contributed by atoms with van der Waals surface area (Å²) >= 11 is 6.36. The maximum Gasteiger partial charge on any atom is 0.156 e. The summed E-state index contributed by atoms with van der Waals surface area (Å²) in [4.78, 5) is 0. The molecule has 0 radical (unpaired) electrons. The summed E-state index contributed by atoms with van der Waals surface area (Å²) in [5, 5.41) is 13.7. The average Bonchev–Trinajstić information content (AvgIpc) is 2.34. The van der Waals surface area contributed by atoms with E-state index in [-0.39, 0.29) is 10.8 Å². The van der Waals surface area contributed by atoms with E-state index in [4.69, 9.17) is 11.6 Å². The lowest BCUT2D eigenvalue weighted by Crippen LogP contribution is -2.21. The summed E-state index contributed by atoms with van der Waals surface area (Å²) in [5.74, 6) is 0.803. The van der Waals surface area contributed by atoms with Crippen LogP contribution in [0.1, 0.15) is 27.2 Å². The molecule has 0 aliphatic rings. The zero-order valence-electron chi connectivity index (χ0n) is 11.7. The maximum atomic E-state index is 6.36. The molecule has 102 valence electrons. The minimum Gasteiger partial charge on any atom is -0.367 e. The standard InChI is InChI=1S/C15H20ClN3/c1-15(2,3)8-12(16)10-17-14-13-7-5-4-6-11(13)9-18-19-14/h4-7,9,12H,8,10H2,1-3H3,(H,17,19). The van der Waals surface area contributed by atoms with E-state index in [0.29, 0.717) is 6.54 Å². The van der Waals surface area contributed by atoms with Gasteiger partial charge in [0.25, 0.3) is 0 Å². The van der Waals surface area contributed by atoms with E-state index in [1.807, 2.05) is 24.3 Å². The highest BCUT2D eigenvalue weighted by Gasteiger charge is 2.17. The zero-order valence-corrected chi connectivity index (χ0v) is 12.4. The first-order valence-corrected chi connectivity index (χ1v) is 6.98. The van der Waals surface area contributed by atoms with Crippen molar-refractivity contribution in [2.75, 3.05) is 11.9 Å². The summed E-state index contributed by atoms with van der Waals surface area (Å²) < 4.78 is 0. The predicted octanol–water partition coefficient (Wildman–Crippen LogP) is 4.09. The van der Waals surface area contributed by atoms with E-state index in [0.717, 1.165) is 23.0 Å². The third kappa shape index (κ3) is 4.06. The Kier molecular flexibility index (Phi) is 4.25. The van der Waals surface area contributed by atoms with Crippen LogP contribution in [0.25, 0.3) is 10.8 Å². The fourth-order valence-electron chi connectivity index (χ4n) is 2.10. The van der Waals surface area contributed by atoms with Crippen LogP contribution in [-0.2, 0) is 0 Å². The molecule has 1 aromatic carbocycles. The number of nitrogens with zero attached hydrogens (tertiary/aromatic N) is 2. The zero-order chi connectivity index (χ0) is 13.9. The molecule has 1 N–H and O–H groups in total. The van der Waals surface area contributed by atoms with E-state index in [1.165, 1.54) is 0 Å².